The molecule has 9 heteroatoms. The number of aryl methyl sites for hydroxylation is 1. The topological polar surface area (TPSA) is 89.7 Å². The molecule has 0 aliphatic rings. The van der Waals surface area contributed by atoms with Gasteiger partial charge in [-0.25, -0.2) is 10.1 Å². The van der Waals surface area contributed by atoms with Crippen LogP contribution in [0.3, 0.4) is 0 Å². The van der Waals surface area contributed by atoms with Crippen LogP contribution in [0.25, 0.3) is 11.3 Å². The number of pyridine rings is 1. The number of aromatic amines is 1. The first-order valence-corrected chi connectivity index (χ1v) is 7.28. The van der Waals surface area contributed by atoms with Crippen LogP contribution in [-0.2, 0) is 12.8 Å². The monoisotopic (exact) mass is 349 g/mol. The highest BCUT2D eigenvalue weighted by Gasteiger charge is 2.32. The molecule has 0 radical (unpaired) electrons. The van der Waals surface area contributed by atoms with E-state index in [1.807, 2.05) is 0 Å². The fourth-order valence-electron chi connectivity index (χ4n) is 2.24. The summed E-state index contributed by atoms with van der Waals surface area (Å²) < 4.78 is 43.6. The van der Waals surface area contributed by atoms with Crippen LogP contribution in [0, 0.1) is 6.92 Å². The second-order valence-electron chi connectivity index (χ2n) is 5.33. The van der Waals surface area contributed by atoms with Crippen molar-refractivity contribution in [3.8, 4) is 17.0 Å². The van der Waals surface area contributed by atoms with Gasteiger partial charge in [0.2, 0.25) is 0 Å². The average Bonchev–Trinajstić information content (AvgIpc) is 2.99. The molecule has 25 heavy (non-hydrogen) atoms. The number of anilines is 1. The molecular formula is C16H14F3N5O. The molecule has 0 spiro atoms. The molecule has 0 aliphatic heterocycles. The van der Waals surface area contributed by atoms with Gasteiger partial charge in [0.25, 0.3) is 0 Å². The van der Waals surface area contributed by atoms with E-state index in [2.05, 4.69) is 20.4 Å². The van der Waals surface area contributed by atoms with Gasteiger partial charge in [0.05, 0.1) is 0 Å². The van der Waals surface area contributed by atoms with Crippen LogP contribution in [-0.4, -0.2) is 20.4 Å². The van der Waals surface area contributed by atoms with Crippen molar-refractivity contribution >= 4 is 5.82 Å². The fraction of sp³-hybridized carbons (Fsp3) is 0.188. The number of nitrogen functional groups attached to an aromatic ring is 1. The number of H-pyrrole nitrogens is 1. The molecule has 130 valence electrons. The van der Waals surface area contributed by atoms with Crippen molar-refractivity contribution in [2.24, 2.45) is 0 Å². The summed E-state index contributed by atoms with van der Waals surface area (Å²) >= 11 is 0. The Morgan fingerprint density at radius 1 is 1.20 bits per heavy atom. The summed E-state index contributed by atoms with van der Waals surface area (Å²) in [6, 6.07) is 9.32. The molecule has 1 aromatic carbocycles. The third-order valence-corrected chi connectivity index (χ3v) is 3.56. The number of aromatic nitrogens is 4. The maximum absolute atomic E-state index is 12.6. The predicted octanol–water partition coefficient (Wildman–Crippen LogP) is 3.36. The normalized spacial score (nSPS) is 11.5. The van der Waals surface area contributed by atoms with Crippen LogP contribution < -0.4 is 10.5 Å². The van der Waals surface area contributed by atoms with Crippen LogP contribution >= 0.6 is 0 Å². The average molecular weight is 349 g/mol. The van der Waals surface area contributed by atoms with Gasteiger partial charge in [-0.2, -0.15) is 13.2 Å². The number of hydrogen-bond acceptors (Lipinski definition) is 5. The SMILES string of the molecule is Cc1nc(C(F)(F)F)ccc1COc1cccc(-c2nn[nH]c2N)c1. The number of ether oxygens (including phenoxy) is 1. The van der Waals surface area contributed by atoms with Crippen LogP contribution in [0.2, 0.25) is 0 Å². The second-order valence-corrected chi connectivity index (χ2v) is 5.33. The fourth-order valence-corrected chi connectivity index (χ4v) is 2.24. The number of alkyl halides is 3. The van der Waals surface area contributed by atoms with E-state index in [1.165, 1.54) is 13.0 Å². The van der Waals surface area contributed by atoms with E-state index in [9.17, 15) is 13.2 Å². The quantitative estimate of drug-likeness (QED) is 0.754. The number of rotatable bonds is 4. The molecule has 2 heterocycles. The Morgan fingerprint density at radius 2 is 2.00 bits per heavy atom. The van der Waals surface area contributed by atoms with Gasteiger partial charge < -0.3 is 10.5 Å². The number of nitrogens with two attached hydrogens (primary N) is 1. The minimum Gasteiger partial charge on any atom is -0.489 e. The van der Waals surface area contributed by atoms with Crippen molar-refractivity contribution in [2.75, 3.05) is 5.73 Å². The molecule has 0 saturated heterocycles. The van der Waals surface area contributed by atoms with Gasteiger partial charge in [-0.05, 0) is 25.1 Å². The summed E-state index contributed by atoms with van der Waals surface area (Å²) in [7, 11) is 0. The Hall–Kier alpha value is -3.10. The number of benzene rings is 1. The van der Waals surface area contributed by atoms with Crippen molar-refractivity contribution in [1.82, 2.24) is 20.4 Å². The summed E-state index contributed by atoms with van der Waals surface area (Å²) in [5.74, 6) is 0.860. The van der Waals surface area contributed by atoms with Crippen molar-refractivity contribution in [2.45, 2.75) is 19.7 Å². The molecule has 0 atom stereocenters. The molecule has 3 N–H and O–H groups in total. The molecule has 0 saturated carbocycles. The van der Waals surface area contributed by atoms with E-state index < -0.39 is 11.9 Å². The molecule has 0 unspecified atom stereocenters. The van der Waals surface area contributed by atoms with Crippen molar-refractivity contribution in [3.05, 3.63) is 53.3 Å². The summed E-state index contributed by atoms with van der Waals surface area (Å²) in [5, 5.41) is 10.1. The summed E-state index contributed by atoms with van der Waals surface area (Å²) in [6.45, 7) is 1.61. The van der Waals surface area contributed by atoms with E-state index >= 15 is 0 Å². The first kappa shape index (κ1) is 16.7. The molecule has 0 amide bonds. The van der Waals surface area contributed by atoms with E-state index in [-0.39, 0.29) is 12.3 Å². The van der Waals surface area contributed by atoms with Crippen LogP contribution in [0.4, 0.5) is 19.0 Å². The highest BCUT2D eigenvalue weighted by atomic mass is 19.4. The zero-order valence-electron chi connectivity index (χ0n) is 13.1. The van der Waals surface area contributed by atoms with Gasteiger partial charge in [-0.3, -0.25) is 0 Å². The molecule has 3 rings (SSSR count). The lowest BCUT2D eigenvalue weighted by atomic mass is 10.1. The minimum absolute atomic E-state index is 0.0920. The van der Waals surface area contributed by atoms with Crippen molar-refractivity contribution < 1.29 is 17.9 Å². The Labute approximate surface area is 140 Å². The predicted molar refractivity (Wildman–Crippen MR) is 84.5 cm³/mol. The van der Waals surface area contributed by atoms with Gasteiger partial charge in [-0.1, -0.05) is 23.4 Å². The Bertz CT molecular complexity index is 891. The Kier molecular flexibility index (Phi) is 4.30. The zero-order chi connectivity index (χ0) is 18.0. The van der Waals surface area contributed by atoms with E-state index in [0.717, 1.165) is 6.07 Å². The minimum atomic E-state index is -4.46. The van der Waals surface area contributed by atoms with Gasteiger partial charge in [0.1, 0.15) is 29.6 Å². The van der Waals surface area contributed by atoms with Crippen LogP contribution in [0.1, 0.15) is 17.0 Å². The summed E-state index contributed by atoms with van der Waals surface area (Å²) in [5.41, 5.74) is 6.87. The van der Waals surface area contributed by atoms with Crippen LogP contribution in [0.15, 0.2) is 36.4 Å². The Morgan fingerprint density at radius 3 is 2.64 bits per heavy atom. The van der Waals surface area contributed by atoms with Crippen molar-refractivity contribution in [1.29, 1.82) is 0 Å². The standard InChI is InChI=1S/C16H14F3N5O/c1-9-11(5-6-13(21-9)16(17,18)19)8-25-12-4-2-3-10(7-12)14-15(20)23-24-22-14/h2-7H,8H2,1H3,(H3,20,22,23,24). The molecule has 6 nitrogen and oxygen atoms in total. The summed E-state index contributed by atoms with van der Waals surface area (Å²) in [6.07, 6.45) is -4.46. The molecule has 0 bridgehead atoms. The van der Waals surface area contributed by atoms with E-state index in [1.54, 1.807) is 24.3 Å². The third-order valence-electron chi connectivity index (χ3n) is 3.56. The third kappa shape index (κ3) is 3.70. The van der Waals surface area contributed by atoms with Crippen LogP contribution in [0.5, 0.6) is 5.75 Å². The molecule has 2 aromatic heterocycles. The molecule has 0 aliphatic carbocycles. The first-order valence-electron chi connectivity index (χ1n) is 7.28. The van der Waals surface area contributed by atoms with Gasteiger partial charge >= 0.3 is 6.18 Å². The number of halogens is 3. The molecule has 0 fully saturated rings. The van der Waals surface area contributed by atoms with Gasteiger partial charge in [-0.15, -0.1) is 5.10 Å². The lowest BCUT2D eigenvalue weighted by molar-refractivity contribution is -0.141. The van der Waals surface area contributed by atoms with Gasteiger partial charge in [0, 0.05) is 16.8 Å². The molecular weight excluding hydrogens is 335 g/mol. The largest absolute Gasteiger partial charge is 0.489 e. The molecule has 3 aromatic rings. The highest BCUT2D eigenvalue weighted by molar-refractivity contribution is 5.70. The maximum atomic E-state index is 12.6. The lowest BCUT2D eigenvalue weighted by Gasteiger charge is -2.11. The first-order chi connectivity index (χ1) is 11.8. The van der Waals surface area contributed by atoms with E-state index in [0.29, 0.717) is 28.4 Å². The highest BCUT2D eigenvalue weighted by Crippen LogP contribution is 2.29. The number of nitrogens with zero attached hydrogens (tertiary/aromatic N) is 3. The maximum Gasteiger partial charge on any atom is 0.433 e. The van der Waals surface area contributed by atoms with Gasteiger partial charge in [0.15, 0.2) is 0 Å². The second kappa shape index (κ2) is 6.42. The lowest BCUT2D eigenvalue weighted by Crippen LogP contribution is -2.10. The number of hydrogen-bond donors (Lipinski definition) is 2. The smallest absolute Gasteiger partial charge is 0.433 e. The van der Waals surface area contributed by atoms with E-state index in [4.69, 9.17) is 10.5 Å². The zero-order valence-corrected chi connectivity index (χ0v) is 13.1. The summed E-state index contributed by atoms with van der Waals surface area (Å²) in [4.78, 5) is 3.58. The number of nitrogens with one attached hydrogen (secondary N) is 1. The Balaban J connectivity index is 1.75. The van der Waals surface area contributed by atoms with Crippen molar-refractivity contribution in [3.63, 3.8) is 0 Å².